The van der Waals surface area contributed by atoms with E-state index in [4.69, 9.17) is 4.74 Å². The lowest BCUT2D eigenvalue weighted by Crippen LogP contribution is -2.24. The topological polar surface area (TPSA) is 59.1 Å². The summed E-state index contributed by atoms with van der Waals surface area (Å²) in [5.74, 6) is 0. The number of hydrogen-bond donors (Lipinski definition) is 2. The molecule has 5 nitrogen and oxygen atoms in total. The number of ether oxygens (including phenoxy) is 1. The first-order chi connectivity index (χ1) is 7.43. The van der Waals surface area contributed by atoms with Crippen molar-refractivity contribution < 1.29 is 4.74 Å². The van der Waals surface area contributed by atoms with Gasteiger partial charge in [0.2, 0.25) is 0 Å². The Morgan fingerprint density at radius 3 is 2.93 bits per heavy atom. The third-order valence-corrected chi connectivity index (χ3v) is 2.56. The number of nitrogens with zero attached hydrogens (tertiary/aromatic N) is 2. The van der Waals surface area contributed by atoms with E-state index < -0.39 is 0 Å². The maximum Gasteiger partial charge on any atom is 0.0666 e. The summed E-state index contributed by atoms with van der Waals surface area (Å²) in [4.78, 5) is 1.18. The molecule has 6 heteroatoms. The Morgan fingerprint density at radius 1 is 1.33 bits per heavy atom. The largest absolute Gasteiger partial charge is 0.383 e. The molecule has 1 aromatic heterocycles. The average Bonchev–Trinajstić information content (AvgIpc) is 2.75. The molecule has 0 aliphatic heterocycles. The van der Waals surface area contributed by atoms with Gasteiger partial charge in [-0.15, -0.1) is 5.10 Å². The first-order valence-electron chi connectivity index (χ1n) is 5.10. The summed E-state index contributed by atoms with van der Waals surface area (Å²) < 4.78 is 8.72. The van der Waals surface area contributed by atoms with E-state index >= 15 is 0 Å². The number of methoxy groups -OCH3 is 1. The lowest BCUT2D eigenvalue weighted by molar-refractivity contribution is 0.199. The van der Waals surface area contributed by atoms with Crippen LogP contribution in [0.5, 0.6) is 0 Å². The SMILES string of the molecule is COCCNCCCNCc1cnns1. The highest BCUT2D eigenvalue weighted by Gasteiger charge is 1.94. The smallest absolute Gasteiger partial charge is 0.0666 e. The lowest BCUT2D eigenvalue weighted by atomic mass is 10.4. The van der Waals surface area contributed by atoms with Gasteiger partial charge in [0, 0.05) is 20.2 Å². The Hall–Kier alpha value is -0.560. The van der Waals surface area contributed by atoms with Crippen molar-refractivity contribution >= 4 is 11.5 Å². The second-order valence-corrected chi connectivity index (χ2v) is 4.03. The van der Waals surface area contributed by atoms with Crippen LogP contribution in [0.25, 0.3) is 0 Å². The summed E-state index contributed by atoms with van der Waals surface area (Å²) in [5.41, 5.74) is 0. The van der Waals surface area contributed by atoms with Crippen LogP contribution in [0.3, 0.4) is 0 Å². The highest BCUT2D eigenvalue weighted by atomic mass is 32.1. The molecule has 0 radical (unpaired) electrons. The van der Waals surface area contributed by atoms with Crippen LogP contribution in [0.2, 0.25) is 0 Å². The average molecular weight is 230 g/mol. The zero-order valence-electron chi connectivity index (χ0n) is 9.03. The summed E-state index contributed by atoms with van der Waals surface area (Å²) in [7, 11) is 1.71. The van der Waals surface area contributed by atoms with Crippen LogP contribution < -0.4 is 10.6 Å². The van der Waals surface area contributed by atoms with E-state index in [9.17, 15) is 0 Å². The molecule has 86 valence electrons. The van der Waals surface area contributed by atoms with Crippen molar-refractivity contribution in [3.05, 3.63) is 11.1 Å². The van der Waals surface area contributed by atoms with Gasteiger partial charge in [0.25, 0.3) is 0 Å². The number of rotatable bonds is 9. The van der Waals surface area contributed by atoms with Gasteiger partial charge in [0.1, 0.15) is 0 Å². The molecule has 1 heterocycles. The van der Waals surface area contributed by atoms with Gasteiger partial charge in [-0.3, -0.25) is 0 Å². The van der Waals surface area contributed by atoms with Crippen LogP contribution in [0.15, 0.2) is 6.20 Å². The molecular weight excluding hydrogens is 212 g/mol. The van der Waals surface area contributed by atoms with Crippen molar-refractivity contribution in [1.82, 2.24) is 20.2 Å². The van der Waals surface area contributed by atoms with Crippen LogP contribution in [0.1, 0.15) is 11.3 Å². The van der Waals surface area contributed by atoms with Gasteiger partial charge in [0.15, 0.2) is 0 Å². The molecule has 15 heavy (non-hydrogen) atoms. The van der Waals surface area contributed by atoms with Gasteiger partial charge in [0.05, 0.1) is 17.7 Å². The molecule has 0 fully saturated rings. The molecule has 1 rings (SSSR count). The summed E-state index contributed by atoms with van der Waals surface area (Å²) in [6.45, 7) is 4.61. The van der Waals surface area contributed by atoms with Crippen LogP contribution in [-0.2, 0) is 11.3 Å². The third kappa shape index (κ3) is 6.51. The molecule has 0 saturated heterocycles. The third-order valence-electron chi connectivity index (χ3n) is 1.90. The van der Waals surface area contributed by atoms with Crippen LogP contribution in [0, 0.1) is 0 Å². The first kappa shape index (κ1) is 12.5. The molecule has 0 aliphatic rings. The standard InChI is InChI=1S/C9H18N4OS/c1-14-6-5-10-3-2-4-11-7-9-8-12-13-15-9/h8,10-11H,2-7H2,1H3. The minimum atomic E-state index is 0.778. The van der Waals surface area contributed by atoms with E-state index in [1.165, 1.54) is 16.4 Å². The van der Waals surface area contributed by atoms with E-state index in [2.05, 4.69) is 20.2 Å². The fraction of sp³-hybridized carbons (Fsp3) is 0.778. The van der Waals surface area contributed by atoms with E-state index in [0.717, 1.165) is 39.2 Å². The van der Waals surface area contributed by atoms with E-state index in [1.54, 1.807) is 13.3 Å². The van der Waals surface area contributed by atoms with Gasteiger partial charge in [-0.25, -0.2) is 0 Å². The molecule has 0 aliphatic carbocycles. The lowest BCUT2D eigenvalue weighted by Gasteiger charge is -2.04. The monoisotopic (exact) mass is 230 g/mol. The summed E-state index contributed by atoms with van der Waals surface area (Å²) in [5, 5.41) is 10.4. The maximum atomic E-state index is 4.93. The number of aromatic nitrogens is 2. The van der Waals surface area contributed by atoms with Crippen LogP contribution in [-0.4, -0.2) is 42.9 Å². The Labute approximate surface area is 94.4 Å². The minimum absolute atomic E-state index is 0.778. The second-order valence-electron chi connectivity index (χ2n) is 3.16. The predicted octanol–water partition coefficient (Wildman–Crippen LogP) is 0.254. The zero-order valence-corrected chi connectivity index (χ0v) is 9.85. The summed E-state index contributed by atoms with van der Waals surface area (Å²) in [6, 6.07) is 0. The second kappa shape index (κ2) is 8.72. The van der Waals surface area contributed by atoms with Crippen LogP contribution >= 0.6 is 11.5 Å². The van der Waals surface area contributed by atoms with Crippen molar-refractivity contribution in [2.24, 2.45) is 0 Å². The van der Waals surface area contributed by atoms with Gasteiger partial charge in [-0.2, -0.15) is 0 Å². The Kier molecular flexibility index (Phi) is 7.28. The van der Waals surface area contributed by atoms with Gasteiger partial charge in [-0.05, 0) is 31.0 Å². The Balaban J connectivity index is 1.81. The fourth-order valence-electron chi connectivity index (χ4n) is 1.11. The summed E-state index contributed by atoms with van der Waals surface area (Å²) in [6.07, 6.45) is 2.92. The van der Waals surface area contributed by atoms with Gasteiger partial charge in [-0.1, -0.05) is 4.49 Å². The number of hydrogen-bond acceptors (Lipinski definition) is 6. The highest BCUT2D eigenvalue weighted by Crippen LogP contribution is 1.99. The molecule has 0 unspecified atom stereocenters. The van der Waals surface area contributed by atoms with Crippen molar-refractivity contribution in [2.75, 3.05) is 33.4 Å². The minimum Gasteiger partial charge on any atom is -0.383 e. The molecule has 0 spiro atoms. The van der Waals surface area contributed by atoms with E-state index in [0.29, 0.717) is 0 Å². The van der Waals surface area contributed by atoms with Gasteiger partial charge >= 0.3 is 0 Å². The normalized spacial score (nSPS) is 10.7. The zero-order chi connectivity index (χ0) is 10.8. The Bertz CT molecular complexity index is 230. The molecule has 0 saturated carbocycles. The highest BCUT2D eigenvalue weighted by molar-refractivity contribution is 7.05. The van der Waals surface area contributed by atoms with Crippen molar-refractivity contribution in [3.63, 3.8) is 0 Å². The fourth-order valence-corrected chi connectivity index (χ4v) is 1.57. The molecule has 0 bridgehead atoms. The van der Waals surface area contributed by atoms with E-state index in [-0.39, 0.29) is 0 Å². The number of nitrogens with one attached hydrogen (secondary N) is 2. The first-order valence-corrected chi connectivity index (χ1v) is 5.87. The molecule has 0 atom stereocenters. The van der Waals surface area contributed by atoms with E-state index in [1.807, 2.05) is 0 Å². The Morgan fingerprint density at radius 2 is 2.20 bits per heavy atom. The molecule has 0 aromatic carbocycles. The maximum absolute atomic E-state index is 4.93. The molecule has 2 N–H and O–H groups in total. The van der Waals surface area contributed by atoms with Crippen molar-refractivity contribution in [1.29, 1.82) is 0 Å². The molecule has 1 aromatic rings. The van der Waals surface area contributed by atoms with Gasteiger partial charge < -0.3 is 15.4 Å². The van der Waals surface area contributed by atoms with Crippen LogP contribution in [0.4, 0.5) is 0 Å². The summed E-state index contributed by atoms with van der Waals surface area (Å²) >= 11 is 1.44. The van der Waals surface area contributed by atoms with Crippen molar-refractivity contribution in [2.45, 2.75) is 13.0 Å². The van der Waals surface area contributed by atoms with Crippen molar-refractivity contribution in [3.8, 4) is 0 Å². The molecule has 0 amide bonds. The predicted molar refractivity (Wildman–Crippen MR) is 61.0 cm³/mol. The quantitative estimate of drug-likeness (QED) is 0.596. The molecular formula is C9H18N4OS.